The summed E-state index contributed by atoms with van der Waals surface area (Å²) in [5.41, 5.74) is 1.17. The number of halogens is 2. The first-order valence-corrected chi connectivity index (χ1v) is 9.50. The second-order valence-electron chi connectivity index (χ2n) is 5.40. The van der Waals surface area contributed by atoms with Gasteiger partial charge in [0.25, 0.3) is 0 Å². The SMILES string of the molecule is CCCCC(CCn1ccnc1)SCc1ccc(Cl)cc1Cl. The van der Waals surface area contributed by atoms with Crippen molar-refractivity contribution in [3.05, 3.63) is 52.5 Å². The van der Waals surface area contributed by atoms with E-state index < -0.39 is 0 Å². The van der Waals surface area contributed by atoms with E-state index in [1.807, 2.05) is 48.7 Å². The van der Waals surface area contributed by atoms with E-state index in [0.29, 0.717) is 10.3 Å². The standard InChI is InChI=1S/C17H22Cl2N2S/c1-2-3-4-16(7-9-21-10-8-20-13-21)22-12-14-5-6-15(18)11-17(14)19/h5-6,8,10-11,13,16H,2-4,7,9,12H2,1H3. The van der Waals surface area contributed by atoms with Crippen molar-refractivity contribution in [2.45, 2.75) is 50.2 Å². The van der Waals surface area contributed by atoms with Gasteiger partial charge in [0.1, 0.15) is 0 Å². The lowest BCUT2D eigenvalue weighted by molar-refractivity contribution is 0.580. The fourth-order valence-electron chi connectivity index (χ4n) is 2.30. The second kappa shape index (κ2) is 9.49. The number of thioether (sulfide) groups is 1. The Bertz CT molecular complexity index is 558. The summed E-state index contributed by atoms with van der Waals surface area (Å²) >= 11 is 14.2. The van der Waals surface area contributed by atoms with E-state index in [-0.39, 0.29) is 0 Å². The van der Waals surface area contributed by atoms with Crippen LogP contribution in [0.4, 0.5) is 0 Å². The molecule has 2 rings (SSSR count). The summed E-state index contributed by atoms with van der Waals surface area (Å²) in [6.07, 6.45) is 10.7. The minimum absolute atomic E-state index is 0.647. The van der Waals surface area contributed by atoms with Crippen LogP contribution in [0.15, 0.2) is 36.9 Å². The molecular weight excluding hydrogens is 335 g/mol. The maximum atomic E-state index is 6.27. The average Bonchev–Trinajstić information content (AvgIpc) is 3.01. The third-order valence-corrected chi connectivity index (χ3v) is 5.65. The average molecular weight is 357 g/mol. The van der Waals surface area contributed by atoms with E-state index in [1.54, 1.807) is 0 Å². The van der Waals surface area contributed by atoms with Crippen LogP contribution in [0.5, 0.6) is 0 Å². The molecule has 0 N–H and O–H groups in total. The fraction of sp³-hybridized carbons (Fsp3) is 0.471. The predicted octanol–water partition coefficient (Wildman–Crippen LogP) is 6.07. The molecule has 0 saturated heterocycles. The van der Waals surface area contributed by atoms with E-state index in [4.69, 9.17) is 23.2 Å². The highest BCUT2D eigenvalue weighted by atomic mass is 35.5. The normalized spacial score (nSPS) is 12.5. The van der Waals surface area contributed by atoms with Crippen molar-refractivity contribution < 1.29 is 0 Å². The Kier molecular flexibility index (Phi) is 7.64. The summed E-state index contributed by atoms with van der Waals surface area (Å²) in [6.45, 7) is 3.27. The number of nitrogens with zero attached hydrogens (tertiary/aromatic N) is 2. The molecule has 2 nitrogen and oxygen atoms in total. The molecule has 2 aromatic rings. The third kappa shape index (κ3) is 5.86. The Labute approximate surface area is 147 Å². The molecule has 0 amide bonds. The van der Waals surface area contributed by atoms with Gasteiger partial charge in [0, 0.05) is 40.0 Å². The van der Waals surface area contributed by atoms with Crippen LogP contribution < -0.4 is 0 Å². The van der Waals surface area contributed by atoms with Crippen molar-refractivity contribution in [2.24, 2.45) is 0 Å². The van der Waals surface area contributed by atoms with Crippen molar-refractivity contribution in [1.29, 1.82) is 0 Å². The molecule has 0 fully saturated rings. The Hall–Kier alpha value is -0.640. The van der Waals surface area contributed by atoms with Crippen LogP contribution in [0.2, 0.25) is 10.0 Å². The number of hydrogen-bond acceptors (Lipinski definition) is 2. The molecule has 0 bridgehead atoms. The summed E-state index contributed by atoms with van der Waals surface area (Å²) in [5, 5.41) is 2.11. The molecular formula is C17H22Cl2N2S. The Balaban J connectivity index is 1.87. The first-order valence-electron chi connectivity index (χ1n) is 7.70. The topological polar surface area (TPSA) is 17.8 Å². The largest absolute Gasteiger partial charge is 0.337 e. The zero-order valence-corrected chi connectivity index (χ0v) is 15.2. The van der Waals surface area contributed by atoms with Crippen LogP contribution in [0.1, 0.15) is 38.2 Å². The van der Waals surface area contributed by atoms with Gasteiger partial charge in [0.15, 0.2) is 0 Å². The minimum atomic E-state index is 0.647. The van der Waals surface area contributed by atoms with Gasteiger partial charge in [0.05, 0.1) is 6.33 Å². The molecule has 1 aromatic carbocycles. The monoisotopic (exact) mass is 356 g/mol. The van der Waals surface area contributed by atoms with E-state index >= 15 is 0 Å². The van der Waals surface area contributed by atoms with Crippen LogP contribution in [0.3, 0.4) is 0 Å². The Morgan fingerprint density at radius 3 is 2.82 bits per heavy atom. The smallest absolute Gasteiger partial charge is 0.0945 e. The lowest BCUT2D eigenvalue weighted by Gasteiger charge is -2.17. The highest BCUT2D eigenvalue weighted by Crippen LogP contribution is 2.29. The molecule has 1 aromatic heterocycles. The van der Waals surface area contributed by atoms with Crippen molar-refractivity contribution in [2.75, 3.05) is 0 Å². The molecule has 1 unspecified atom stereocenters. The van der Waals surface area contributed by atoms with Crippen LogP contribution in [-0.2, 0) is 12.3 Å². The number of aryl methyl sites for hydroxylation is 1. The Morgan fingerprint density at radius 2 is 2.14 bits per heavy atom. The summed E-state index contributed by atoms with van der Waals surface area (Å²) in [6, 6.07) is 5.77. The number of imidazole rings is 1. The summed E-state index contributed by atoms with van der Waals surface area (Å²) < 4.78 is 2.15. The molecule has 0 aliphatic heterocycles. The quantitative estimate of drug-likeness (QED) is 0.542. The van der Waals surface area contributed by atoms with Gasteiger partial charge in [-0.1, -0.05) is 49.0 Å². The highest BCUT2D eigenvalue weighted by molar-refractivity contribution is 7.99. The molecule has 1 heterocycles. The van der Waals surface area contributed by atoms with Gasteiger partial charge in [-0.05, 0) is 30.5 Å². The summed E-state index contributed by atoms with van der Waals surface area (Å²) in [5.74, 6) is 0.939. The number of hydrogen-bond donors (Lipinski definition) is 0. The number of aromatic nitrogens is 2. The zero-order chi connectivity index (χ0) is 15.8. The van der Waals surface area contributed by atoms with E-state index in [1.165, 1.54) is 24.8 Å². The first-order chi connectivity index (χ1) is 10.7. The molecule has 120 valence electrons. The molecule has 0 aliphatic carbocycles. The van der Waals surface area contributed by atoms with Gasteiger partial charge in [-0.2, -0.15) is 11.8 Å². The maximum Gasteiger partial charge on any atom is 0.0945 e. The molecule has 0 aliphatic rings. The third-order valence-electron chi connectivity index (χ3n) is 3.64. The highest BCUT2D eigenvalue weighted by Gasteiger charge is 2.11. The van der Waals surface area contributed by atoms with Gasteiger partial charge in [0.2, 0.25) is 0 Å². The van der Waals surface area contributed by atoms with E-state index in [0.717, 1.165) is 23.7 Å². The Morgan fingerprint density at radius 1 is 1.27 bits per heavy atom. The van der Waals surface area contributed by atoms with Crippen LogP contribution in [-0.4, -0.2) is 14.8 Å². The number of benzene rings is 1. The van der Waals surface area contributed by atoms with Gasteiger partial charge >= 0.3 is 0 Å². The number of rotatable bonds is 9. The van der Waals surface area contributed by atoms with Crippen LogP contribution in [0, 0.1) is 0 Å². The predicted molar refractivity (Wildman–Crippen MR) is 97.9 cm³/mol. The molecule has 0 saturated carbocycles. The van der Waals surface area contributed by atoms with Gasteiger partial charge < -0.3 is 4.57 Å². The van der Waals surface area contributed by atoms with Crippen molar-refractivity contribution in [3.63, 3.8) is 0 Å². The second-order valence-corrected chi connectivity index (χ2v) is 7.53. The molecule has 1 atom stereocenters. The van der Waals surface area contributed by atoms with Crippen molar-refractivity contribution in [1.82, 2.24) is 9.55 Å². The van der Waals surface area contributed by atoms with Crippen LogP contribution in [0.25, 0.3) is 0 Å². The molecule has 22 heavy (non-hydrogen) atoms. The summed E-state index contributed by atoms with van der Waals surface area (Å²) in [4.78, 5) is 4.10. The first kappa shape index (κ1) is 17.7. The van der Waals surface area contributed by atoms with Gasteiger partial charge in [-0.25, -0.2) is 4.98 Å². The molecule has 0 spiro atoms. The van der Waals surface area contributed by atoms with Gasteiger partial charge in [-0.3, -0.25) is 0 Å². The van der Waals surface area contributed by atoms with Crippen molar-refractivity contribution in [3.8, 4) is 0 Å². The van der Waals surface area contributed by atoms with Crippen LogP contribution >= 0.6 is 35.0 Å². The van der Waals surface area contributed by atoms with E-state index in [2.05, 4.69) is 16.5 Å². The zero-order valence-electron chi connectivity index (χ0n) is 12.8. The lowest BCUT2D eigenvalue weighted by Crippen LogP contribution is -2.08. The maximum absolute atomic E-state index is 6.27. The minimum Gasteiger partial charge on any atom is -0.337 e. The molecule has 5 heteroatoms. The van der Waals surface area contributed by atoms with Crippen molar-refractivity contribution >= 4 is 35.0 Å². The molecule has 0 radical (unpaired) electrons. The summed E-state index contributed by atoms with van der Waals surface area (Å²) in [7, 11) is 0. The number of unbranched alkanes of at least 4 members (excludes halogenated alkanes) is 1. The van der Waals surface area contributed by atoms with Gasteiger partial charge in [-0.15, -0.1) is 0 Å². The lowest BCUT2D eigenvalue weighted by atomic mass is 10.1. The van der Waals surface area contributed by atoms with E-state index in [9.17, 15) is 0 Å². The fourth-order valence-corrected chi connectivity index (χ4v) is 4.13.